The summed E-state index contributed by atoms with van der Waals surface area (Å²) >= 11 is 0. The van der Waals surface area contributed by atoms with Crippen LogP contribution < -0.4 is 9.80 Å². The molecule has 8 aromatic carbocycles. The molecule has 0 spiro atoms. The zero-order valence-corrected chi connectivity index (χ0v) is 32.0. The Kier molecular flexibility index (Phi) is 8.10. The standard InChI is InChI=1S/C50H48N2/c1-31-18-20-35(5)44(26-31)51(42-16-12-10-14-33(42)3)46-30-47(52(43-17-13-11-15-34(43)4)45-27-32(2)19-21-36(45)6)41-25-23-38-29-39(50(7,8)9)28-37-22-24-40(46)49(41)48(37)38/h10-30H,1-9H3. The lowest BCUT2D eigenvalue weighted by Crippen LogP contribution is -2.17. The van der Waals surface area contributed by atoms with Crippen LogP contribution in [0.3, 0.4) is 0 Å². The van der Waals surface area contributed by atoms with Gasteiger partial charge in [-0.15, -0.1) is 0 Å². The fraction of sp³-hybridized carbons (Fsp3) is 0.200. The highest BCUT2D eigenvalue weighted by Gasteiger charge is 2.27. The van der Waals surface area contributed by atoms with Crippen LogP contribution in [0, 0.1) is 41.5 Å². The lowest BCUT2D eigenvalue weighted by atomic mass is 9.83. The fourth-order valence-corrected chi connectivity index (χ4v) is 8.01. The zero-order valence-electron chi connectivity index (χ0n) is 32.0. The number of hydrogen-bond acceptors (Lipinski definition) is 2. The highest BCUT2D eigenvalue weighted by molar-refractivity contribution is 6.29. The lowest BCUT2D eigenvalue weighted by Gasteiger charge is -2.34. The van der Waals surface area contributed by atoms with Gasteiger partial charge < -0.3 is 9.80 Å². The summed E-state index contributed by atoms with van der Waals surface area (Å²) in [5, 5.41) is 7.68. The van der Waals surface area contributed by atoms with Crippen molar-refractivity contribution in [3.8, 4) is 0 Å². The van der Waals surface area contributed by atoms with Crippen LogP contribution in [0.4, 0.5) is 34.1 Å². The Morgan fingerprint density at radius 1 is 0.365 bits per heavy atom. The molecule has 0 aliphatic heterocycles. The van der Waals surface area contributed by atoms with Crippen LogP contribution in [-0.4, -0.2) is 0 Å². The summed E-state index contributed by atoms with van der Waals surface area (Å²) < 4.78 is 0. The van der Waals surface area contributed by atoms with E-state index in [4.69, 9.17) is 0 Å². The number of rotatable bonds is 6. The van der Waals surface area contributed by atoms with Crippen molar-refractivity contribution in [1.29, 1.82) is 0 Å². The van der Waals surface area contributed by atoms with Crippen LogP contribution in [0.5, 0.6) is 0 Å². The van der Waals surface area contributed by atoms with Crippen LogP contribution in [0.2, 0.25) is 0 Å². The minimum absolute atomic E-state index is 0.0371. The first-order valence-electron chi connectivity index (χ1n) is 18.5. The van der Waals surface area contributed by atoms with Gasteiger partial charge in [0.15, 0.2) is 0 Å². The van der Waals surface area contributed by atoms with Gasteiger partial charge in [-0.3, -0.25) is 0 Å². The first-order chi connectivity index (χ1) is 24.9. The van der Waals surface area contributed by atoms with E-state index in [0.717, 1.165) is 0 Å². The van der Waals surface area contributed by atoms with E-state index in [9.17, 15) is 0 Å². The molecule has 0 atom stereocenters. The van der Waals surface area contributed by atoms with Gasteiger partial charge in [-0.05, 0) is 132 Å². The maximum absolute atomic E-state index is 2.52. The van der Waals surface area contributed by atoms with Crippen molar-refractivity contribution >= 4 is 66.4 Å². The van der Waals surface area contributed by atoms with E-state index in [1.807, 2.05) is 0 Å². The Morgan fingerprint density at radius 3 is 1.21 bits per heavy atom. The van der Waals surface area contributed by atoms with E-state index >= 15 is 0 Å². The second-order valence-corrected chi connectivity index (χ2v) is 15.9. The smallest absolute Gasteiger partial charge is 0.0561 e. The highest BCUT2D eigenvalue weighted by atomic mass is 15.2. The summed E-state index contributed by atoms with van der Waals surface area (Å²) in [7, 11) is 0. The molecule has 8 aromatic rings. The minimum atomic E-state index is 0.0371. The summed E-state index contributed by atoms with van der Waals surface area (Å²) in [5.41, 5.74) is 15.9. The number of hydrogen-bond donors (Lipinski definition) is 0. The third-order valence-electron chi connectivity index (χ3n) is 10.9. The SMILES string of the molecule is Cc1ccc(C)c(N(c2ccccc2C)c2cc(N(c3ccccc3C)c3cc(C)ccc3C)c3ccc4cc(C(C)(C)C)cc5ccc2c3c54)c1. The first-order valence-corrected chi connectivity index (χ1v) is 18.5. The number of anilines is 6. The van der Waals surface area contributed by atoms with Crippen LogP contribution in [0.15, 0.2) is 127 Å². The van der Waals surface area contributed by atoms with Gasteiger partial charge in [-0.25, -0.2) is 0 Å². The van der Waals surface area contributed by atoms with Crippen LogP contribution in [0.1, 0.15) is 59.7 Å². The maximum Gasteiger partial charge on any atom is 0.0561 e. The Hall–Kier alpha value is -5.60. The highest BCUT2D eigenvalue weighted by Crippen LogP contribution is 2.52. The molecule has 0 bridgehead atoms. The summed E-state index contributed by atoms with van der Waals surface area (Å²) in [6, 6.07) is 48.0. The molecule has 0 aliphatic carbocycles. The molecule has 0 saturated carbocycles. The predicted octanol–water partition coefficient (Wildman–Crippen LogP) is 14.7. The molecule has 8 rings (SSSR count). The predicted molar refractivity (Wildman–Crippen MR) is 227 cm³/mol. The topological polar surface area (TPSA) is 6.48 Å². The van der Waals surface area contributed by atoms with E-state index in [1.165, 1.54) is 105 Å². The first kappa shape index (κ1) is 33.5. The third kappa shape index (κ3) is 5.58. The minimum Gasteiger partial charge on any atom is -0.309 e. The van der Waals surface area contributed by atoms with E-state index in [0.29, 0.717) is 0 Å². The van der Waals surface area contributed by atoms with Crippen molar-refractivity contribution < 1.29 is 0 Å². The quantitative estimate of drug-likeness (QED) is 0.162. The van der Waals surface area contributed by atoms with Gasteiger partial charge in [0.2, 0.25) is 0 Å². The average molecular weight is 677 g/mol. The number of benzene rings is 8. The summed E-state index contributed by atoms with van der Waals surface area (Å²) in [6.45, 7) is 20.3. The monoisotopic (exact) mass is 676 g/mol. The lowest BCUT2D eigenvalue weighted by molar-refractivity contribution is 0.591. The molecule has 0 unspecified atom stereocenters. The Morgan fingerprint density at radius 2 is 0.788 bits per heavy atom. The Bertz CT molecular complexity index is 2470. The Balaban J connectivity index is 1.59. The summed E-state index contributed by atoms with van der Waals surface area (Å²) in [4.78, 5) is 5.04. The maximum atomic E-state index is 2.52. The molecule has 0 radical (unpaired) electrons. The third-order valence-corrected chi connectivity index (χ3v) is 10.9. The van der Waals surface area contributed by atoms with Gasteiger partial charge in [-0.1, -0.05) is 118 Å². The van der Waals surface area contributed by atoms with Crippen molar-refractivity contribution in [3.63, 3.8) is 0 Å². The van der Waals surface area contributed by atoms with Gasteiger partial charge >= 0.3 is 0 Å². The largest absolute Gasteiger partial charge is 0.309 e. The second-order valence-electron chi connectivity index (χ2n) is 15.9. The zero-order chi connectivity index (χ0) is 36.5. The van der Waals surface area contributed by atoms with Gasteiger partial charge in [0.25, 0.3) is 0 Å². The molecule has 0 saturated heterocycles. The molecular weight excluding hydrogens is 629 g/mol. The van der Waals surface area contributed by atoms with Crippen molar-refractivity contribution in [2.75, 3.05) is 9.80 Å². The fourth-order valence-electron chi connectivity index (χ4n) is 8.01. The van der Waals surface area contributed by atoms with Gasteiger partial charge in [0.05, 0.1) is 11.4 Å². The van der Waals surface area contributed by atoms with Crippen LogP contribution >= 0.6 is 0 Å². The molecule has 0 fully saturated rings. The van der Waals surface area contributed by atoms with E-state index < -0.39 is 0 Å². The molecule has 0 aliphatic rings. The summed E-state index contributed by atoms with van der Waals surface area (Å²) in [5.74, 6) is 0. The van der Waals surface area contributed by atoms with Gasteiger partial charge in [0.1, 0.15) is 0 Å². The Labute approximate surface area is 309 Å². The number of para-hydroxylation sites is 2. The molecule has 258 valence electrons. The van der Waals surface area contributed by atoms with Crippen molar-refractivity contribution in [2.45, 2.75) is 67.7 Å². The molecule has 0 aromatic heterocycles. The normalized spacial score (nSPS) is 11.9. The van der Waals surface area contributed by atoms with Crippen molar-refractivity contribution in [1.82, 2.24) is 0 Å². The molecule has 0 heterocycles. The average Bonchev–Trinajstić information content (AvgIpc) is 3.12. The van der Waals surface area contributed by atoms with Crippen molar-refractivity contribution in [2.24, 2.45) is 0 Å². The van der Waals surface area contributed by atoms with Crippen LogP contribution in [-0.2, 0) is 5.41 Å². The molecular formula is C50H48N2. The van der Waals surface area contributed by atoms with Gasteiger partial charge in [-0.2, -0.15) is 0 Å². The van der Waals surface area contributed by atoms with E-state index in [2.05, 4.69) is 200 Å². The number of aryl methyl sites for hydroxylation is 6. The van der Waals surface area contributed by atoms with E-state index in [1.54, 1.807) is 0 Å². The molecule has 52 heavy (non-hydrogen) atoms. The molecule has 0 amide bonds. The van der Waals surface area contributed by atoms with Gasteiger partial charge in [0, 0.05) is 38.9 Å². The second kappa shape index (κ2) is 12.6. The molecule has 2 heteroatoms. The number of nitrogens with zero attached hydrogens (tertiary/aromatic N) is 2. The van der Waals surface area contributed by atoms with Crippen LogP contribution in [0.25, 0.3) is 32.3 Å². The van der Waals surface area contributed by atoms with E-state index in [-0.39, 0.29) is 5.41 Å². The summed E-state index contributed by atoms with van der Waals surface area (Å²) in [6.07, 6.45) is 0. The molecule has 0 N–H and O–H groups in total. The molecule has 2 nitrogen and oxygen atoms in total. The van der Waals surface area contributed by atoms with Crippen molar-refractivity contribution in [3.05, 3.63) is 166 Å².